The highest BCUT2D eigenvalue weighted by molar-refractivity contribution is 8.01. The second-order valence-electron chi connectivity index (χ2n) is 9.37. The summed E-state index contributed by atoms with van der Waals surface area (Å²) in [6, 6.07) is 20.7. The number of thioether (sulfide) groups is 1. The van der Waals surface area contributed by atoms with Crippen LogP contribution in [0.2, 0.25) is 0 Å². The van der Waals surface area contributed by atoms with Crippen molar-refractivity contribution >= 4 is 21.8 Å². The molecule has 0 atom stereocenters. The first-order valence-corrected chi connectivity index (χ1v) is 14.1. The predicted molar refractivity (Wildman–Crippen MR) is 139 cm³/mol. The number of rotatable bonds is 6. The van der Waals surface area contributed by atoms with Crippen LogP contribution in [0, 0.1) is 6.92 Å². The van der Waals surface area contributed by atoms with Gasteiger partial charge in [0.05, 0.1) is 21.0 Å². The van der Waals surface area contributed by atoms with E-state index in [2.05, 4.69) is 5.10 Å². The molecule has 40 heavy (non-hydrogen) atoms. The van der Waals surface area contributed by atoms with Gasteiger partial charge in [-0.25, -0.2) is 13.1 Å². The van der Waals surface area contributed by atoms with E-state index < -0.39 is 45.2 Å². The van der Waals surface area contributed by atoms with Crippen molar-refractivity contribution in [1.82, 2.24) is 14.1 Å². The summed E-state index contributed by atoms with van der Waals surface area (Å²) in [7, 11) is -4.18. The molecule has 0 spiro atoms. The van der Waals surface area contributed by atoms with Gasteiger partial charge in [0.2, 0.25) is 10.0 Å². The maximum Gasteiger partial charge on any atom is 0.442 e. The van der Waals surface area contributed by atoms with Gasteiger partial charge in [-0.05, 0) is 54.6 Å². The van der Waals surface area contributed by atoms with Crippen molar-refractivity contribution in [2.45, 2.75) is 28.3 Å². The molecule has 0 unspecified atom stereocenters. The molecule has 2 heterocycles. The second kappa shape index (κ2) is 9.96. The number of aromatic nitrogens is 2. The molecule has 0 amide bonds. The van der Waals surface area contributed by atoms with Crippen LogP contribution in [0.4, 0.5) is 26.3 Å². The smallest absolute Gasteiger partial charge is 0.233 e. The topological polar surface area (TPSA) is 55.2 Å². The lowest BCUT2D eigenvalue weighted by Gasteiger charge is -2.48. The summed E-state index contributed by atoms with van der Waals surface area (Å²) < 4.78 is 108. The summed E-state index contributed by atoms with van der Waals surface area (Å²) in [5.74, 6) is 0. The molecule has 0 N–H and O–H groups in total. The molecule has 210 valence electrons. The molecule has 0 saturated carbocycles. The number of hydrogen-bond acceptors (Lipinski definition) is 4. The van der Waals surface area contributed by atoms with E-state index in [4.69, 9.17) is 0 Å². The third kappa shape index (κ3) is 5.50. The number of benzene rings is 3. The number of hydrogen-bond donors (Lipinski definition) is 0. The maximum atomic E-state index is 13.5. The number of alkyl halides is 6. The summed E-state index contributed by atoms with van der Waals surface area (Å²) in [6.07, 6.45) is -4.70. The van der Waals surface area contributed by atoms with E-state index in [-0.39, 0.29) is 28.0 Å². The SMILES string of the molecule is Cc1ccc(-c2cc(C(F)(F)F)nn2-c2ccc(S(=O)(=O)N3CC(SC(F)(F)F)(c4ccccc4)C3)cc2)cc1. The Labute approximate surface area is 230 Å². The van der Waals surface area contributed by atoms with Crippen LogP contribution in [0.15, 0.2) is 89.8 Å². The lowest BCUT2D eigenvalue weighted by atomic mass is 9.92. The zero-order valence-corrected chi connectivity index (χ0v) is 22.4. The number of aryl methyl sites for hydroxylation is 1. The van der Waals surface area contributed by atoms with Crippen LogP contribution in [-0.2, 0) is 20.9 Å². The minimum atomic E-state index is -4.70. The third-order valence-corrected chi connectivity index (χ3v) is 9.46. The molecule has 3 aromatic carbocycles. The largest absolute Gasteiger partial charge is 0.442 e. The van der Waals surface area contributed by atoms with Crippen LogP contribution in [0.3, 0.4) is 0 Å². The van der Waals surface area contributed by atoms with Crippen molar-refractivity contribution in [3.05, 3.63) is 102 Å². The van der Waals surface area contributed by atoms with Gasteiger partial charge < -0.3 is 0 Å². The first-order chi connectivity index (χ1) is 18.7. The second-order valence-corrected chi connectivity index (χ2v) is 12.8. The van der Waals surface area contributed by atoms with Gasteiger partial charge in [-0.1, -0.05) is 60.2 Å². The van der Waals surface area contributed by atoms with Gasteiger partial charge >= 0.3 is 11.7 Å². The van der Waals surface area contributed by atoms with E-state index in [1.807, 2.05) is 6.92 Å². The average molecular weight is 598 g/mol. The lowest BCUT2D eigenvalue weighted by molar-refractivity contribution is -0.141. The fourth-order valence-corrected chi connectivity index (χ4v) is 7.38. The molecule has 5 nitrogen and oxygen atoms in total. The molecule has 0 bridgehead atoms. The highest BCUT2D eigenvalue weighted by Crippen LogP contribution is 2.53. The Bertz CT molecular complexity index is 1610. The summed E-state index contributed by atoms with van der Waals surface area (Å²) in [6.45, 7) is 1.05. The molecule has 1 aliphatic heterocycles. The highest BCUT2D eigenvalue weighted by atomic mass is 32.2. The van der Waals surface area contributed by atoms with Crippen molar-refractivity contribution in [2.75, 3.05) is 13.1 Å². The Kier molecular flexibility index (Phi) is 7.04. The normalized spacial score (nSPS) is 16.1. The lowest BCUT2D eigenvalue weighted by Crippen LogP contribution is -2.60. The van der Waals surface area contributed by atoms with Crippen molar-refractivity contribution in [3.63, 3.8) is 0 Å². The molecule has 4 aromatic rings. The zero-order valence-electron chi connectivity index (χ0n) is 20.7. The van der Waals surface area contributed by atoms with Crippen LogP contribution in [-0.4, -0.2) is 41.1 Å². The first kappa shape index (κ1) is 28.2. The van der Waals surface area contributed by atoms with Crippen molar-refractivity contribution < 1.29 is 34.8 Å². The molecule has 1 aromatic heterocycles. The van der Waals surface area contributed by atoms with Gasteiger partial charge in [-0.3, -0.25) is 0 Å². The average Bonchev–Trinajstić information content (AvgIpc) is 3.33. The summed E-state index contributed by atoms with van der Waals surface area (Å²) in [5, 5.41) is 3.71. The summed E-state index contributed by atoms with van der Waals surface area (Å²) in [5.41, 5.74) is -3.60. The number of halogens is 6. The minimum absolute atomic E-state index is 0.155. The molecule has 1 saturated heterocycles. The standard InChI is InChI=1S/C27H21F6N3O2S2/c1-18-7-9-19(10-8-18)23-15-24(26(28,29)30)34-36(23)21-11-13-22(14-12-21)40(37,38)35-16-25(17-35,39-27(31,32)33)20-5-3-2-4-6-20/h2-15H,16-17H2,1H3. The van der Waals surface area contributed by atoms with Crippen molar-refractivity contribution in [3.8, 4) is 16.9 Å². The Morgan fingerprint density at radius 2 is 1.45 bits per heavy atom. The van der Waals surface area contributed by atoms with E-state index in [1.165, 1.54) is 36.4 Å². The summed E-state index contributed by atoms with van der Waals surface area (Å²) in [4.78, 5) is -0.199. The van der Waals surface area contributed by atoms with E-state index in [9.17, 15) is 34.8 Å². The van der Waals surface area contributed by atoms with Crippen LogP contribution >= 0.6 is 11.8 Å². The number of sulfonamides is 1. The fraction of sp³-hybridized carbons (Fsp3) is 0.222. The van der Waals surface area contributed by atoms with Gasteiger partial charge in [0.15, 0.2) is 5.69 Å². The van der Waals surface area contributed by atoms with Gasteiger partial charge in [0.25, 0.3) is 0 Å². The molecule has 13 heteroatoms. The van der Waals surface area contributed by atoms with E-state index in [1.54, 1.807) is 42.5 Å². The molecule has 1 fully saturated rings. The highest BCUT2D eigenvalue weighted by Gasteiger charge is 2.55. The molecule has 5 rings (SSSR count). The van der Waals surface area contributed by atoms with E-state index in [0.29, 0.717) is 11.1 Å². The zero-order chi connectivity index (χ0) is 28.9. The van der Waals surface area contributed by atoms with Gasteiger partial charge in [-0.2, -0.15) is 35.7 Å². The Morgan fingerprint density at radius 1 is 0.850 bits per heavy atom. The maximum absolute atomic E-state index is 13.5. The fourth-order valence-electron chi connectivity index (χ4n) is 4.52. The molecular weight excluding hydrogens is 576 g/mol. The number of nitrogens with zero attached hydrogens (tertiary/aromatic N) is 3. The molecule has 0 aliphatic carbocycles. The minimum Gasteiger partial charge on any atom is -0.233 e. The van der Waals surface area contributed by atoms with Crippen LogP contribution in [0.25, 0.3) is 16.9 Å². The monoisotopic (exact) mass is 597 g/mol. The Hall–Kier alpha value is -3.29. The van der Waals surface area contributed by atoms with E-state index in [0.717, 1.165) is 20.6 Å². The van der Waals surface area contributed by atoms with Gasteiger partial charge in [-0.15, -0.1) is 0 Å². The quantitative estimate of drug-likeness (QED) is 0.224. The molecule has 1 aliphatic rings. The predicted octanol–water partition coefficient (Wildman–Crippen LogP) is 7.02. The first-order valence-electron chi connectivity index (χ1n) is 11.9. The van der Waals surface area contributed by atoms with Crippen LogP contribution in [0.5, 0.6) is 0 Å². The van der Waals surface area contributed by atoms with Crippen LogP contribution in [0.1, 0.15) is 16.8 Å². The van der Waals surface area contributed by atoms with Gasteiger partial charge in [0.1, 0.15) is 0 Å². The third-order valence-electron chi connectivity index (χ3n) is 6.54. The van der Waals surface area contributed by atoms with E-state index >= 15 is 0 Å². The Morgan fingerprint density at radius 3 is 2.00 bits per heavy atom. The van der Waals surface area contributed by atoms with Crippen molar-refractivity contribution in [1.29, 1.82) is 0 Å². The van der Waals surface area contributed by atoms with Gasteiger partial charge in [0, 0.05) is 18.7 Å². The van der Waals surface area contributed by atoms with Crippen LogP contribution < -0.4 is 0 Å². The summed E-state index contributed by atoms with van der Waals surface area (Å²) >= 11 is -0.246. The van der Waals surface area contributed by atoms with Crippen molar-refractivity contribution in [2.24, 2.45) is 0 Å². The molecule has 0 radical (unpaired) electrons. The Balaban J connectivity index is 1.44. The molecular formula is C27H21F6N3O2S2.